The molecule has 1 aromatic rings. The van der Waals surface area contributed by atoms with Crippen LogP contribution < -0.4 is 16.0 Å². The molecule has 4 N–H and O–H groups in total. The number of aliphatic hydroxyl groups is 1. The fourth-order valence-corrected chi connectivity index (χ4v) is 2.84. The van der Waals surface area contributed by atoms with Gasteiger partial charge in [-0.1, -0.05) is 6.92 Å². The van der Waals surface area contributed by atoms with Crippen LogP contribution in [0.25, 0.3) is 0 Å². The molecule has 0 radical (unpaired) electrons. The average molecular weight is 362 g/mol. The van der Waals surface area contributed by atoms with Crippen LogP contribution in [0.1, 0.15) is 35.7 Å². The van der Waals surface area contributed by atoms with Crippen LogP contribution in [0.4, 0.5) is 10.5 Å². The number of urea groups is 1. The van der Waals surface area contributed by atoms with Gasteiger partial charge >= 0.3 is 6.03 Å². The van der Waals surface area contributed by atoms with E-state index in [0.29, 0.717) is 30.9 Å². The number of nitrogens with one attached hydrogen (secondary N) is 3. The van der Waals surface area contributed by atoms with E-state index >= 15 is 0 Å². The lowest BCUT2D eigenvalue weighted by atomic mass is 10.1. The van der Waals surface area contributed by atoms with E-state index in [1.165, 1.54) is 4.90 Å². The van der Waals surface area contributed by atoms with E-state index in [4.69, 9.17) is 5.11 Å². The Morgan fingerprint density at radius 3 is 2.81 bits per heavy atom. The summed E-state index contributed by atoms with van der Waals surface area (Å²) in [6.07, 6.45) is 1.05. The monoisotopic (exact) mass is 362 g/mol. The van der Waals surface area contributed by atoms with Crippen LogP contribution in [-0.2, 0) is 4.79 Å². The van der Waals surface area contributed by atoms with E-state index in [9.17, 15) is 14.4 Å². The first-order chi connectivity index (χ1) is 12.5. The Morgan fingerprint density at radius 1 is 1.38 bits per heavy atom. The summed E-state index contributed by atoms with van der Waals surface area (Å²) >= 11 is 0. The van der Waals surface area contributed by atoms with Crippen molar-refractivity contribution in [1.82, 2.24) is 15.5 Å². The third-order valence-corrected chi connectivity index (χ3v) is 4.26. The van der Waals surface area contributed by atoms with Crippen molar-refractivity contribution in [2.45, 2.75) is 32.7 Å². The first-order valence-corrected chi connectivity index (χ1v) is 8.83. The lowest BCUT2D eigenvalue weighted by Crippen LogP contribution is -2.58. The van der Waals surface area contributed by atoms with Crippen molar-refractivity contribution in [3.8, 4) is 0 Å². The summed E-state index contributed by atoms with van der Waals surface area (Å²) in [5.74, 6) is -0.413. The number of rotatable bonds is 6. The number of carbonyl (C=O) groups is 3. The van der Waals surface area contributed by atoms with Gasteiger partial charge in [0.15, 0.2) is 0 Å². The van der Waals surface area contributed by atoms with Crippen molar-refractivity contribution in [2.75, 3.05) is 31.6 Å². The Labute approximate surface area is 152 Å². The molecule has 0 bridgehead atoms. The number of hydrogen-bond acceptors (Lipinski definition) is 4. The highest BCUT2D eigenvalue weighted by Crippen LogP contribution is 2.19. The zero-order valence-corrected chi connectivity index (χ0v) is 15.2. The maximum absolute atomic E-state index is 12.6. The Bertz CT molecular complexity index is 677. The normalized spacial score (nSPS) is 16.8. The van der Waals surface area contributed by atoms with Crippen molar-refractivity contribution >= 4 is 23.5 Å². The minimum atomic E-state index is -0.687. The predicted octanol–water partition coefficient (Wildman–Crippen LogP) is 0.850. The summed E-state index contributed by atoms with van der Waals surface area (Å²) in [5.41, 5.74) is 1.86. The third kappa shape index (κ3) is 4.72. The summed E-state index contributed by atoms with van der Waals surface area (Å²) in [6, 6.07) is 3.97. The standard InChI is InChI=1S/C18H26N4O4/c1-3-7-19-16(24)13-4-5-14(12(2)11-13)21-18(26)22-9-8-20-17(25)15(22)6-10-23/h4-5,11,15,23H,3,6-10H2,1-2H3,(H,19,24)(H,20,25)(H,21,26)/t15-/m0/s1. The number of benzene rings is 1. The quantitative estimate of drug-likeness (QED) is 0.601. The highest BCUT2D eigenvalue weighted by molar-refractivity contribution is 5.97. The number of hydrogen-bond donors (Lipinski definition) is 4. The van der Waals surface area contributed by atoms with Crippen LogP contribution in [0.2, 0.25) is 0 Å². The van der Waals surface area contributed by atoms with Crippen LogP contribution in [0.5, 0.6) is 0 Å². The highest BCUT2D eigenvalue weighted by atomic mass is 16.3. The van der Waals surface area contributed by atoms with Gasteiger partial charge in [-0.3, -0.25) is 9.59 Å². The summed E-state index contributed by atoms with van der Waals surface area (Å²) < 4.78 is 0. The van der Waals surface area contributed by atoms with Gasteiger partial charge in [-0.05, 0) is 43.5 Å². The fraction of sp³-hybridized carbons (Fsp3) is 0.500. The van der Waals surface area contributed by atoms with E-state index in [0.717, 1.165) is 12.0 Å². The molecule has 26 heavy (non-hydrogen) atoms. The van der Waals surface area contributed by atoms with Crippen LogP contribution in [-0.4, -0.2) is 60.1 Å². The summed E-state index contributed by atoms with van der Waals surface area (Å²) in [4.78, 5) is 38.0. The fourth-order valence-electron chi connectivity index (χ4n) is 2.84. The summed E-state index contributed by atoms with van der Waals surface area (Å²) in [5, 5.41) is 17.4. The SMILES string of the molecule is CCCNC(=O)c1ccc(NC(=O)N2CCNC(=O)[C@@H]2CCO)c(C)c1. The molecule has 142 valence electrons. The van der Waals surface area contributed by atoms with Gasteiger partial charge in [-0.2, -0.15) is 0 Å². The summed E-state index contributed by atoms with van der Waals surface area (Å²) in [7, 11) is 0. The molecule has 1 fully saturated rings. The lowest BCUT2D eigenvalue weighted by molar-refractivity contribution is -0.128. The molecule has 0 unspecified atom stereocenters. The molecule has 1 aliphatic heterocycles. The van der Waals surface area contributed by atoms with E-state index < -0.39 is 12.1 Å². The number of nitrogens with zero attached hydrogens (tertiary/aromatic N) is 1. The topological polar surface area (TPSA) is 111 Å². The first kappa shape index (κ1) is 19.7. The van der Waals surface area contributed by atoms with Crippen LogP contribution in [0.3, 0.4) is 0 Å². The van der Waals surface area contributed by atoms with E-state index in [1.54, 1.807) is 25.1 Å². The number of piperazine rings is 1. The molecule has 1 aliphatic rings. The minimum Gasteiger partial charge on any atom is -0.396 e. The van der Waals surface area contributed by atoms with E-state index in [2.05, 4.69) is 16.0 Å². The van der Waals surface area contributed by atoms with Crippen LogP contribution in [0.15, 0.2) is 18.2 Å². The first-order valence-electron chi connectivity index (χ1n) is 8.83. The number of anilines is 1. The number of aliphatic hydroxyl groups excluding tert-OH is 1. The Hall–Kier alpha value is -2.61. The molecule has 1 saturated heterocycles. The van der Waals surface area contributed by atoms with Gasteiger partial charge in [0.25, 0.3) is 5.91 Å². The largest absolute Gasteiger partial charge is 0.396 e. The van der Waals surface area contributed by atoms with Gasteiger partial charge in [0.1, 0.15) is 6.04 Å². The Balaban J connectivity index is 2.08. The number of amides is 4. The molecule has 0 saturated carbocycles. The minimum absolute atomic E-state index is 0.150. The lowest BCUT2D eigenvalue weighted by Gasteiger charge is -2.34. The van der Waals surface area contributed by atoms with Crippen molar-refractivity contribution in [2.24, 2.45) is 0 Å². The molecular weight excluding hydrogens is 336 g/mol. The molecule has 2 rings (SSSR count). The average Bonchev–Trinajstić information content (AvgIpc) is 2.63. The molecule has 8 nitrogen and oxygen atoms in total. The zero-order valence-electron chi connectivity index (χ0n) is 15.2. The molecule has 4 amide bonds. The van der Waals surface area contributed by atoms with Crippen molar-refractivity contribution in [1.29, 1.82) is 0 Å². The molecule has 0 aromatic heterocycles. The van der Waals surface area contributed by atoms with Gasteiger partial charge in [-0.25, -0.2) is 4.79 Å². The third-order valence-electron chi connectivity index (χ3n) is 4.26. The van der Waals surface area contributed by atoms with Crippen LogP contribution in [0, 0.1) is 6.92 Å². The second kappa shape index (κ2) is 9.19. The maximum Gasteiger partial charge on any atom is 0.322 e. The number of carbonyl (C=O) groups excluding carboxylic acids is 3. The number of aryl methyl sites for hydroxylation is 1. The zero-order chi connectivity index (χ0) is 19.1. The smallest absolute Gasteiger partial charge is 0.322 e. The molecular formula is C18H26N4O4. The predicted molar refractivity (Wildman–Crippen MR) is 98.0 cm³/mol. The molecule has 1 aromatic carbocycles. The molecule has 1 atom stereocenters. The van der Waals surface area contributed by atoms with Gasteiger partial charge in [0.05, 0.1) is 0 Å². The van der Waals surface area contributed by atoms with Gasteiger partial charge in [0.2, 0.25) is 5.91 Å². The Morgan fingerprint density at radius 2 is 2.15 bits per heavy atom. The second-order valence-corrected chi connectivity index (χ2v) is 6.23. The molecule has 0 spiro atoms. The van der Waals surface area contributed by atoms with Crippen molar-refractivity contribution in [3.05, 3.63) is 29.3 Å². The maximum atomic E-state index is 12.6. The Kier molecular flexibility index (Phi) is 6.97. The van der Waals surface area contributed by atoms with Crippen LogP contribution >= 0.6 is 0 Å². The summed E-state index contributed by atoms with van der Waals surface area (Å²) in [6.45, 7) is 4.97. The van der Waals surface area contributed by atoms with Gasteiger partial charge in [0, 0.05) is 37.5 Å². The molecule has 1 heterocycles. The van der Waals surface area contributed by atoms with Crippen molar-refractivity contribution in [3.63, 3.8) is 0 Å². The van der Waals surface area contributed by atoms with E-state index in [1.807, 2.05) is 6.92 Å². The second-order valence-electron chi connectivity index (χ2n) is 6.23. The highest BCUT2D eigenvalue weighted by Gasteiger charge is 2.32. The van der Waals surface area contributed by atoms with Gasteiger partial charge in [-0.15, -0.1) is 0 Å². The van der Waals surface area contributed by atoms with E-state index in [-0.39, 0.29) is 24.8 Å². The van der Waals surface area contributed by atoms with Crippen molar-refractivity contribution < 1.29 is 19.5 Å². The van der Waals surface area contributed by atoms with Gasteiger partial charge < -0.3 is 26.0 Å². The molecule has 8 heteroatoms. The molecule has 0 aliphatic carbocycles.